The van der Waals surface area contributed by atoms with Crippen LogP contribution >= 0.6 is 0 Å². The summed E-state index contributed by atoms with van der Waals surface area (Å²) >= 11 is 0. The van der Waals surface area contributed by atoms with Gasteiger partial charge in [0.05, 0.1) is 5.69 Å². The van der Waals surface area contributed by atoms with E-state index in [9.17, 15) is 0 Å². The van der Waals surface area contributed by atoms with Crippen LogP contribution in [0.2, 0.25) is 0 Å². The number of nitrogens with zero attached hydrogens (tertiary/aromatic N) is 3. The van der Waals surface area contributed by atoms with Crippen LogP contribution in [-0.2, 0) is 0 Å². The van der Waals surface area contributed by atoms with Crippen molar-refractivity contribution in [2.75, 3.05) is 23.7 Å². The minimum absolute atomic E-state index is 0.348. The Kier molecular flexibility index (Phi) is 3.52. The number of nitrogens with two attached hydrogens (primary N) is 1. The second-order valence-electron chi connectivity index (χ2n) is 6.27. The van der Waals surface area contributed by atoms with E-state index in [2.05, 4.69) is 16.0 Å². The van der Waals surface area contributed by atoms with Crippen LogP contribution in [0.15, 0.2) is 12.1 Å². The van der Waals surface area contributed by atoms with Gasteiger partial charge in [0.25, 0.3) is 0 Å². The topological polar surface area (TPSA) is 65.9 Å². The molecule has 0 amide bonds. The number of nitriles is 1. The van der Waals surface area contributed by atoms with E-state index in [4.69, 9.17) is 11.0 Å². The third-order valence-corrected chi connectivity index (χ3v) is 5.08. The maximum absolute atomic E-state index is 9.03. The lowest BCUT2D eigenvalue weighted by Crippen LogP contribution is -2.41. The highest BCUT2D eigenvalue weighted by Gasteiger charge is 2.35. The van der Waals surface area contributed by atoms with Gasteiger partial charge in [-0.15, -0.1) is 0 Å². The molecule has 2 fully saturated rings. The Morgan fingerprint density at radius 3 is 2.45 bits per heavy atom. The molecule has 1 spiro atoms. The summed E-state index contributed by atoms with van der Waals surface area (Å²) < 4.78 is 0. The van der Waals surface area contributed by atoms with Crippen LogP contribution < -0.4 is 10.6 Å². The van der Waals surface area contributed by atoms with Crippen molar-refractivity contribution < 1.29 is 0 Å². The molecule has 1 aromatic heterocycles. The smallest absolute Gasteiger partial charge is 0.165 e. The van der Waals surface area contributed by atoms with E-state index < -0.39 is 0 Å². The molecule has 0 unspecified atom stereocenters. The molecule has 20 heavy (non-hydrogen) atoms. The van der Waals surface area contributed by atoms with Crippen molar-refractivity contribution in [3.05, 3.63) is 17.8 Å². The molecule has 1 saturated heterocycles. The molecule has 0 atom stereocenters. The maximum Gasteiger partial charge on any atom is 0.165 e. The Morgan fingerprint density at radius 1 is 1.10 bits per heavy atom. The maximum atomic E-state index is 9.03. The first kappa shape index (κ1) is 13.2. The first-order valence-corrected chi connectivity index (χ1v) is 7.64. The number of hydrogen-bond acceptors (Lipinski definition) is 4. The van der Waals surface area contributed by atoms with Gasteiger partial charge in [0.15, 0.2) is 5.69 Å². The normalized spacial score (nSPS) is 21.6. The minimum atomic E-state index is 0.348. The Bertz CT molecular complexity index is 516. The number of pyridine rings is 1. The summed E-state index contributed by atoms with van der Waals surface area (Å²) in [7, 11) is 0. The Hall–Kier alpha value is -1.76. The standard InChI is InChI=1S/C16H22N4/c17-12-14-13(18)4-5-15(19-14)20-10-8-16(9-11-20)6-2-1-3-7-16/h4-5H,1-3,6-11,18H2. The lowest BCUT2D eigenvalue weighted by Gasteiger charge is -2.44. The number of nitrogen functional groups attached to an aromatic ring is 1. The van der Waals surface area contributed by atoms with E-state index in [1.165, 1.54) is 44.9 Å². The summed E-state index contributed by atoms with van der Waals surface area (Å²) in [6.07, 6.45) is 9.55. The van der Waals surface area contributed by atoms with Crippen molar-refractivity contribution in [3.63, 3.8) is 0 Å². The Balaban J connectivity index is 1.70. The van der Waals surface area contributed by atoms with Gasteiger partial charge in [0.2, 0.25) is 0 Å². The summed E-state index contributed by atoms with van der Waals surface area (Å²) in [6.45, 7) is 2.11. The molecular weight excluding hydrogens is 248 g/mol. The van der Waals surface area contributed by atoms with Gasteiger partial charge in [-0.3, -0.25) is 0 Å². The van der Waals surface area contributed by atoms with Crippen molar-refractivity contribution in [2.45, 2.75) is 44.9 Å². The monoisotopic (exact) mass is 270 g/mol. The van der Waals surface area contributed by atoms with Crippen LogP contribution in [0.5, 0.6) is 0 Å². The van der Waals surface area contributed by atoms with Crippen molar-refractivity contribution in [1.82, 2.24) is 4.98 Å². The summed E-state index contributed by atoms with van der Waals surface area (Å²) in [6, 6.07) is 5.81. The fourth-order valence-corrected chi connectivity index (χ4v) is 3.74. The zero-order valence-corrected chi connectivity index (χ0v) is 11.9. The lowest BCUT2D eigenvalue weighted by atomic mass is 9.68. The Labute approximate surface area is 120 Å². The number of hydrogen-bond donors (Lipinski definition) is 1. The van der Waals surface area contributed by atoms with E-state index in [0.29, 0.717) is 16.8 Å². The molecule has 2 N–H and O–H groups in total. The highest BCUT2D eigenvalue weighted by molar-refractivity contribution is 5.55. The molecule has 4 nitrogen and oxygen atoms in total. The summed E-state index contributed by atoms with van der Waals surface area (Å²) in [5.74, 6) is 0.904. The quantitative estimate of drug-likeness (QED) is 0.851. The molecule has 2 heterocycles. The van der Waals surface area contributed by atoms with Crippen LogP contribution in [0.3, 0.4) is 0 Å². The molecular formula is C16H22N4. The average molecular weight is 270 g/mol. The average Bonchev–Trinajstić information content (AvgIpc) is 2.50. The van der Waals surface area contributed by atoms with Crippen LogP contribution in [-0.4, -0.2) is 18.1 Å². The van der Waals surface area contributed by atoms with E-state index in [-0.39, 0.29) is 0 Å². The number of piperidine rings is 1. The third kappa shape index (κ3) is 2.45. The van der Waals surface area contributed by atoms with E-state index in [1.54, 1.807) is 6.07 Å². The van der Waals surface area contributed by atoms with Crippen LogP contribution in [0.1, 0.15) is 50.6 Å². The van der Waals surface area contributed by atoms with Gasteiger partial charge in [-0.25, -0.2) is 4.98 Å². The van der Waals surface area contributed by atoms with Gasteiger partial charge < -0.3 is 10.6 Å². The lowest BCUT2D eigenvalue weighted by molar-refractivity contribution is 0.144. The molecule has 1 aliphatic carbocycles. The zero-order chi connectivity index (χ0) is 14.0. The van der Waals surface area contributed by atoms with E-state index in [0.717, 1.165) is 18.9 Å². The van der Waals surface area contributed by atoms with Gasteiger partial charge in [0, 0.05) is 13.1 Å². The van der Waals surface area contributed by atoms with Gasteiger partial charge in [-0.05, 0) is 43.2 Å². The molecule has 3 rings (SSSR count). The predicted octanol–water partition coefficient (Wildman–Crippen LogP) is 3.09. The molecule has 0 bridgehead atoms. The molecule has 2 aliphatic rings. The van der Waals surface area contributed by atoms with Crippen LogP contribution in [0.4, 0.5) is 11.5 Å². The van der Waals surface area contributed by atoms with E-state index >= 15 is 0 Å². The summed E-state index contributed by atoms with van der Waals surface area (Å²) in [5, 5.41) is 9.03. The Morgan fingerprint density at radius 2 is 1.80 bits per heavy atom. The van der Waals surface area contributed by atoms with E-state index in [1.807, 2.05) is 6.07 Å². The summed E-state index contributed by atoms with van der Waals surface area (Å²) in [5.41, 5.74) is 7.15. The fraction of sp³-hybridized carbons (Fsp3) is 0.625. The van der Waals surface area contributed by atoms with Crippen molar-refractivity contribution >= 4 is 11.5 Å². The molecule has 4 heteroatoms. The van der Waals surface area contributed by atoms with Crippen molar-refractivity contribution in [3.8, 4) is 6.07 Å². The fourth-order valence-electron chi connectivity index (χ4n) is 3.74. The number of rotatable bonds is 1. The summed E-state index contributed by atoms with van der Waals surface area (Å²) in [4.78, 5) is 6.69. The van der Waals surface area contributed by atoms with Gasteiger partial charge in [0.1, 0.15) is 11.9 Å². The van der Waals surface area contributed by atoms with Crippen molar-refractivity contribution in [1.29, 1.82) is 5.26 Å². The second kappa shape index (κ2) is 5.32. The van der Waals surface area contributed by atoms with Gasteiger partial charge >= 0.3 is 0 Å². The largest absolute Gasteiger partial charge is 0.396 e. The first-order chi connectivity index (χ1) is 9.72. The minimum Gasteiger partial charge on any atom is -0.396 e. The first-order valence-electron chi connectivity index (χ1n) is 7.64. The molecule has 1 aromatic rings. The highest BCUT2D eigenvalue weighted by atomic mass is 15.2. The van der Waals surface area contributed by atoms with Crippen LogP contribution in [0, 0.1) is 16.7 Å². The molecule has 0 radical (unpaired) electrons. The van der Waals surface area contributed by atoms with Gasteiger partial charge in [-0.2, -0.15) is 5.26 Å². The SMILES string of the molecule is N#Cc1nc(N2CCC3(CCCCC3)CC2)ccc1N. The zero-order valence-electron chi connectivity index (χ0n) is 11.9. The van der Waals surface area contributed by atoms with Crippen LogP contribution in [0.25, 0.3) is 0 Å². The predicted molar refractivity (Wildman–Crippen MR) is 80.3 cm³/mol. The van der Waals surface area contributed by atoms with Gasteiger partial charge in [-0.1, -0.05) is 19.3 Å². The molecule has 1 aliphatic heterocycles. The van der Waals surface area contributed by atoms with Crippen molar-refractivity contribution in [2.24, 2.45) is 5.41 Å². The molecule has 106 valence electrons. The third-order valence-electron chi connectivity index (χ3n) is 5.08. The number of anilines is 2. The molecule has 0 aromatic carbocycles. The molecule has 1 saturated carbocycles. The number of aromatic nitrogens is 1. The highest BCUT2D eigenvalue weighted by Crippen LogP contribution is 2.44. The second-order valence-corrected chi connectivity index (χ2v) is 6.27.